The Morgan fingerprint density at radius 2 is 1.94 bits per heavy atom. The Labute approximate surface area is 105 Å². The monoisotopic (exact) mass is 226 g/mol. The maximum atomic E-state index is 2.42. The van der Waals surface area contributed by atoms with Crippen LogP contribution in [0.25, 0.3) is 6.08 Å². The number of allylic oxidation sites excluding steroid dienone is 1. The van der Waals surface area contributed by atoms with Crippen molar-refractivity contribution in [2.24, 2.45) is 0 Å². The third kappa shape index (κ3) is 2.06. The minimum absolute atomic E-state index is 0.850. The first-order chi connectivity index (χ1) is 8.38. The van der Waals surface area contributed by atoms with Crippen molar-refractivity contribution in [2.45, 2.75) is 57.8 Å². The molecule has 0 N–H and O–H groups in total. The fourth-order valence-corrected chi connectivity index (χ4v) is 3.48. The molecule has 2 aliphatic rings. The molecule has 0 heteroatoms. The lowest BCUT2D eigenvalue weighted by Crippen LogP contribution is -2.07. The summed E-state index contributed by atoms with van der Waals surface area (Å²) in [6.45, 7) is 2.28. The van der Waals surface area contributed by atoms with Crippen molar-refractivity contribution < 1.29 is 0 Å². The van der Waals surface area contributed by atoms with Crippen molar-refractivity contribution in [3.05, 3.63) is 40.5 Å². The zero-order chi connectivity index (χ0) is 11.7. The maximum Gasteiger partial charge on any atom is -0.00551 e. The van der Waals surface area contributed by atoms with Gasteiger partial charge in [0.05, 0.1) is 0 Å². The van der Waals surface area contributed by atoms with E-state index in [-0.39, 0.29) is 0 Å². The number of hydrogen-bond donors (Lipinski definition) is 0. The van der Waals surface area contributed by atoms with Crippen LogP contribution in [0.2, 0.25) is 0 Å². The van der Waals surface area contributed by atoms with E-state index in [1.54, 1.807) is 16.7 Å². The molecule has 0 bridgehead atoms. The standard InChI is InChI=1S/C17H22/c1-2-13-11-15-9-6-10-16(17(15)12-13)14-7-4-3-5-8-14/h6,9-11,14H,2-5,7-8,12H2,1H3. The van der Waals surface area contributed by atoms with Crippen LogP contribution in [0.3, 0.4) is 0 Å². The molecule has 1 aromatic rings. The normalized spacial score (nSPS) is 20.2. The zero-order valence-electron chi connectivity index (χ0n) is 10.8. The van der Waals surface area contributed by atoms with E-state index in [1.165, 1.54) is 50.5 Å². The van der Waals surface area contributed by atoms with E-state index >= 15 is 0 Å². The summed E-state index contributed by atoms with van der Waals surface area (Å²) in [6, 6.07) is 6.95. The molecule has 0 heterocycles. The second-order valence-corrected chi connectivity index (χ2v) is 5.58. The molecule has 0 aromatic heterocycles. The van der Waals surface area contributed by atoms with Gasteiger partial charge in [-0.25, -0.2) is 0 Å². The second kappa shape index (κ2) is 4.68. The molecule has 0 saturated heterocycles. The summed E-state index contributed by atoms with van der Waals surface area (Å²) < 4.78 is 0. The van der Waals surface area contributed by atoms with Gasteiger partial charge in [0.25, 0.3) is 0 Å². The van der Waals surface area contributed by atoms with Gasteiger partial charge in [0.15, 0.2) is 0 Å². The van der Waals surface area contributed by atoms with Crippen molar-refractivity contribution in [1.29, 1.82) is 0 Å². The van der Waals surface area contributed by atoms with Crippen LogP contribution in [0.15, 0.2) is 23.8 Å². The Balaban J connectivity index is 1.91. The Bertz CT molecular complexity index is 433. The molecule has 0 radical (unpaired) electrons. The molecule has 0 atom stereocenters. The third-order valence-electron chi connectivity index (χ3n) is 4.51. The molecule has 90 valence electrons. The van der Waals surface area contributed by atoms with Gasteiger partial charge in [0.2, 0.25) is 0 Å². The van der Waals surface area contributed by atoms with Gasteiger partial charge < -0.3 is 0 Å². The maximum absolute atomic E-state index is 2.42. The van der Waals surface area contributed by atoms with Gasteiger partial charge in [-0.1, -0.05) is 56.0 Å². The van der Waals surface area contributed by atoms with Crippen molar-refractivity contribution in [1.82, 2.24) is 0 Å². The molecular weight excluding hydrogens is 204 g/mol. The molecule has 0 nitrogen and oxygen atoms in total. The van der Waals surface area contributed by atoms with Crippen LogP contribution in [-0.4, -0.2) is 0 Å². The Morgan fingerprint density at radius 3 is 2.71 bits per heavy atom. The van der Waals surface area contributed by atoms with Crippen molar-refractivity contribution in [3.8, 4) is 0 Å². The summed E-state index contributed by atoms with van der Waals surface area (Å²) in [6.07, 6.45) is 12.0. The number of hydrogen-bond acceptors (Lipinski definition) is 0. The lowest BCUT2D eigenvalue weighted by Gasteiger charge is -2.24. The van der Waals surface area contributed by atoms with Crippen LogP contribution in [-0.2, 0) is 6.42 Å². The van der Waals surface area contributed by atoms with Gasteiger partial charge in [-0.2, -0.15) is 0 Å². The highest BCUT2D eigenvalue weighted by Crippen LogP contribution is 2.39. The van der Waals surface area contributed by atoms with Crippen LogP contribution in [0, 0.1) is 0 Å². The van der Waals surface area contributed by atoms with E-state index < -0.39 is 0 Å². The minimum atomic E-state index is 0.850. The van der Waals surface area contributed by atoms with Crippen molar-refractivity contribution >= 4 is 6.08 Å². The lowest BCUT2D eigenvalue weighted by molar-refractivity contribution is 0.442. The van der Waals surface area contributed by atoms with Gasteiger partial charge in [0, 0.05) is 0 Å². The summed E-state index contributed by atoms with van der Waals surface area (Å²) in [5.74, 6) is 0.850. The Hall–Kier alpha value is -1.04. The average molecular weight is 226 g/mol. The van der Waals surface area contributed by atoms with E-state index in [0.29, 0.717) is 0 Å². The number of benzene rings is 1. The lowest BCUT2D eigenvalue weighted by atomic mass is 9.81. The van der Waals surface area contributed by atoms with Gasteiger partial charge in [-0.05, 0) is 48.3 Å². The Morgan fingerprint density at radius 1 is 1.12 bits per heavy atom. The molecule has 0 unspecified atom stereocenters. The van der Waals surface area contributed by atoms with Crippen LogP contribution >= 0.6 is 0 Å². The smallest absolute Gasteiger partial charge is 0.00551 e. The average Bonchev–Trinajstić information content (AvgIpc) is 2.82. The summed E-state index contributed by atoms with van der Waals surface area (Å²) >= 11 is 0. The Kier molecular flexibility index (Phi) is 3.05. The summed E-state index contributed by atoms with van der Waals surface area (Å²) in [7, 11) is 0. The first-order valence-electron chi connectivity index (χ1n) is 7.19. The van der Waals surface area contributed by atoms with E-state index in [9.17, 15) is 0 Å². The summed E-state index contributed by atoms with van der Waals surface area (Å²) in [5.41, 5.74) is 6.44. The highest BCUT2D eigenvalue weighted by atomic mass is 14.3. The summed E-state index contributed by atoms with van der Waals surface area (Å²) in [5, 5.41) is 0. The minimum Gasteiger partial charge on any atom is -0.0655 e. The molecule has 0 spiro atoms. The largest absolute Gasteiger partial charge is 0.0655 e. The predicted molar refractivity (Wildman–Crippen MR) is 74.2 cm³/mol. The third-order valence-corrected chi connectivity index (χ3v) is 4.51. The first kappa shape index (κ1) is 11.1. The highest BCUT2D eigenvalue weighted by Gasteiger charge is 2.22. The van der Waals surface area contributed by atoms with Crippen molar-refractivity contribution in [2.75, 3.05) is 0 Å². The molecule has 1 fully saturated rings. The van der Waals surface area contributed by atoms with Gasteiger partial charge in [0.1, 0.15) is 0 Å². The molecule has 17 heavy (non-hydrogen) atoms. The highest BCUT2D eigenvalue weighted by molar-refractivity contribution is 5.65. The fourth-order valence-electron chi connectivity index (χ4n) is 3.48. The molecular formula is C17H22. The van der Waals surface area contributed by atoms with Gasteiger partial charge in [-0.15, -0.1) is 0 Å². The molecule has 1 saturated carbocycles. The molecule has 3 rings (SSSR count). The zero-order valence-corrected chi connectivity index (χ0v) is 10.8. The molecule has 2 aliphatic carbocycles. The fraction of sp³-hybridized carbons (Fsp3) is 0.529. The van der Waals surface area contributed by atoms with E-state index in [2.05, 4.69) is 31.2 Å². The van der Waals surface area contributed by atoms with E-state index in [4.69, 9.17) is 0 Å². The van der Waals surface area contributed by atoms with Gasteiger partial charge >= 0.3 is 0 Å². The van der Waals surface area contributed by atoms with Crippen LogP contribution < -0.4 is 0 Å². The first-order valence-corrected chi connectivity index (χ1v) is 7.19. The van der Waals surface area contributed by atoms with Gasteiger partial charge in [-0.3, -0.25) is 0 Å². The second-order valence-electron chi connectivity index (χ2n) is 5.58. The van der Waals surface area contributed by atoms with E-state index in [0.717, 1.165) is 5.92 Å². The van der Waals surface area contributed by atoms with Crippen molar-refractivity contribution in [3.63, 3.8) is 0 Å². The quantitative estimate of drug-likeness (QED) is 0.659. The molecule has 0 aliphatic heterocycles. The SMILES string of the molecule is CCC1=Cc2cccc(C3CCCCC3)c2C1. The van der Waals surface area contributed by atoms with Crippen LogP contribution in [0.4, 0.5) is 0 Å². The number of fused-ring (bicyclic) bond motifs is 1. The summed E-state index contributed by atoms with van der Waals surface area (Å²) in [4.78, 5) is 0. The number of rotatable bonds is 2. The topological polar surface area (TPSA) is 0 Å². The predicted octanol–water partition coefficient (Wildman–Crippen LogP) is 5.08. The molecule has 1 aromatic carbocycles. The van der Waals surface area contributed by atoms with Crippen LogP contribution in [0.5, 0.6) is 0 Å². The van der Waals surface area contributed by atoms with Crippen LogP contribution in [0.1, 0.15) is 68.1 Å². The van der Waals surface area contributed by atoms with E-state index in [1.807, 2.05) is 0 Å². The molecule has 0 amide bonds.